The molecule has 0 aliphatic heterocycles. The number of alkyl halides is 3. The highest BCUT2D eigenvalue weighted by molar-refractivity contribution is 8.13. The molecule has 1 aromatic carbocycles. The van der Waals surface area contributed by atoms with E-state index < -0.39 is 28.6 Å². The van der Waals surface area contributed by atoms with E-state index in [1.807, 2.05) is 0 Å². The Hall–Kier alpha value is -0.990. The van der Waals surface area contributed by atoms with Crippen molar-refractivity contribution in [2.45, 2.75) is 18.2 Å². The molecule has 0 aliphatic rings. The van der Waals surface area contributed by atoms with Crippen molar-refractivity contribution in [3.05, 3.63) is 23.8 Å². The molecule has 0 unspecified atom stereocenters. The molecule has 0 amide bonds. The maximum absolute atomic E-state index is 11.7. The van der Waals surface area contributed by atoms with Crippen molar-refractivity contribution >= 4 is 19.7 Å². The summed E-state index contributed by atoms with van der Waals surface area (Å²) in [7, 11) is 1.16. The summed E-state index contributed by atoms with van der Waals surface area (Å²) >= 11 is 0. The van der Waals surface area contributed by atoms with Crippen LogP contribution in [0.15, 0.2) is 23.1 Å². The second-order valence-electron chi connectivity index (χ2n) is 3.53. The van der Waals surface area contributed by atoms with E-state index in [0.29, 0.717) is 5.56 Å². The fraction of sp³-hybridized carbons (Fsp3) is 0.400. The van der Waals surface area contributed by atoms with Gasteiger partial charge in [0.25, 0.3) is 9.05 Å². The molecule has 1 aromatic rings. The minimum Gasteiger partial charge on any atom is -0.490 e. The van der Waals surface area contributed by atoms with Gasteiger partial charge in [-0.1, -0.05) is 6.07 Å². The molecule has 4 nitrogen and oxygen atoms in total. The highest BCUT2D eigenvalue weighted by atomic mass is 35.7. The molecule has 0 spiro atoms. The van der Waals surface area contributed by atoms with Crippen molar-refractivity contribution in [2.75, 3.05) is 13.2 Å². The zero-order chi connectivity index (χ0) is 14.7. The topological polar surface area (TPSA) is 52.6 Å². The summed E-state index contributed by atoms with van der Waals surface area (Å²) in [6, 6.07) is 4.13. The highest BCUT2D eigenvalue weighted by Crippen LogP contribution is 2.28. The molecule has 19 heavy (non-hydrogen) atoms. The minimum atomic E-state index is -4.75. The Kier molecular flexibility index (Phi) is 5.05. The third kappa shape index (κ3) is 5.66. The average Bonchev–Trinajstić information content (AvgIpc) is 2.23. The Morgan fingerprint density at radius 3 is 2.42 bits per heavy atom. The lowest BCUT2D eigenvalue weighted by atomic mass is 10.2. The molecule has 108 valence electrons. The summed E-state index contributed by atoms with van der Waals surface area (Å²) in [5.74, 6) is -0.119. The van der Waals surface area contributed by atoms with Gasteiger partial charge in [-0.05, 0) is 24.6 Å². The first-order valence-electron chi connectivity index (χ1n) is 4.98. The zero-order valence-electron chi connectivity index (χ0n) is 9.70. The van der Waals surface area contributed by atoms with Crippen molar-refractivity contribution < 1.29 is 31.1 Å². The van der Waals surface area contributed by atoms with E-state index in [-0.39, 0.29) is 10.6 Å². The van der Waals surface area contributed by atoms with Gasteiger partial charge in [0.15, 0.2) is 0 Å². The van der Waals surface area contributed by atoms with Crippen molar-refractivity contribution in [3.63, 3.8) is 0 Å². The summed E-state index contributed by atoms with van der Waals surface area (Å²) in [6.07, 6.45) is -4.75. The number of rotatable bonds is 5. The number of aryl methyl sites for hydroxylation is 1. The maximum atomic E-state index is 11.7. The second-order valence-corrected chi connectivity index (χ2v) is 6.07. The van der Waals surface area contributed by atoms with Crippen LogP contribution in [0.1, 0.15) is 5.56 Å². The van der Waals surface area contributed by atoms with Gasteiger partial charge in [0.05, 0.1) is 6.61 Å². The van der Waals surface area contributed by atoms with E-state index in [2.05, 4.69) is 4.74 Å². The molecule has 9 heteroatoms. The fourth-order valence-electron chi connectivity index (χ4n) is 1.23. The minimum absolute atomic E-state index is 0.119. The van der Waals surface area contributed by atoms with Gasteiger partial charge in [-0.3, -0.25) is 4.74 Å². The molecule has 0 saturated carbocycles. The van der Waals surface area contributed by atoms with Crippen molar-refractivity contribution in [2.24, 2.45) is 0 Å². The molecule has 0 aliphatic carbocycles. The number of hydrogen-bond donors (Lipinski definition) is 0. The molecule has 0 saturated heterocycles. The van der Waals surface area contributed by atoms with Gasteiger partial charge in [-0.25, -0.2) is 8.42 Å². The largest absolute Gasteiger partial charge is 0.522 e. The Morgan fingerprint density at radius 1 is 1.26 bits per heavy atom. The van der Waals surface area contributed by atoms with Crippen molar-refractivity contribution in [1.29, 1.82) is 0 Å². The standard InChI is InChI=1S/C10H10ClF3O4S/c1-7-2-3-8(9(6-7)19(11,15)16)17-4-5-18-10(12,13)14/h2-3,6H,4-5H2,1H3. The average molecular weight is 319 g/mol. The zero-order valence-corrected chi connectivity index (χ0v) is 11.3. The van der Waals surface area contributed by atoms with Gasteiger partial charge < -0.3 is 4.74 Å². The summed E-state index contributed by atoms with van der Waals surface area (Å²) in [5.41, 5.74) is 0.623. The molecular formula is C10H10ClF3O4S. The summed E-state index contributed by atoms with van der Waals surface area (Å²) in [5, 5.41) is 0. The maximum Gasteiger partial charge on any atom is 0.522 e. The predicted molar refractivity (Wildman–Crippen MR) is 61.7 cm³/mol. The van der Waals surface area contributed by atoms with Crippen LogP contribution in [-0.2, 0) is 13.8 Å². The second kappa shape index (κ2) is 5.98. The molecule has 0 fully saturated rings. The Morgan fingerprint density at radius 2 is 1.89 bits per heavy atom. The smallest absolute Gasteiger partial charge is 0.490 e. The summed E-state index contributed by atoms with van der Waals surface area (Å²) in [6.45, 7) is 0.434. The number of benzene rings is 1. The van der Waals surface area contributed by atoms with Gasteiger partial charge in [0, 0.05) is 10.7 Å². The number of halogens is 4. The first-order valence-corrected chi connectivity index (χ1v) is 7.29. The third-order valence-electron chi connectivity index (χ3n) is 1.97. The van der Waals surface area contributed by atoms with E-state index in [1.165, 1.54) is 12.1 Å². The lowest BCUT2D eigenvalue weighted by Crippen LogP contribution is -2.18. The molecule has 0 atom stereocenters. The Balaban J connectivity index is 2.74. The van der Waals surface area contributed by atoms with Gasteiger partial charge in [-0.15, -0.1) is 13.2 Å². The van der Waals surface area contributed by atoms with Crippen molar-refractivity contribution in [3.8, 4) is 5.75 Å². The number of ether oxygens (including phenoxy) is 2. The van der Waals surface area contributed by atoms with E-state index in [4.69, 9.17) is 15.4 Å². The van der Waals surface area contributed by atoms with Crippen LogP contribution < -0.4 is 4.74 Å². The van der Waals surface area contributed by atoms with Gasteiger partial charge in [-0.2, -0.15) is 0 Å². The monoisotopic (exact) mass is 318 g/mol. The van der Waals surface area contributed by atoms with E-state index in [1.54, 1.807) is 13.0 Å². The quantitative estimate of drug-likeness (QED) is 0.619. The van der Waals surface area contributed by atoms with Crippen LogP contribution in [0.2, 0.25) is 0 Å². The molecule has 0 aromatic heterocycles. The molecule has 0 N–H and O–H groups in total. The van der Waals surface area contributed by atoms with Crippen LogP contribution in [-0.4, -0.2) is 28.0 Å². The Bertz CT molecular complexity index is 542. The van der Waals surface area contributed by atoms with Crippen LogP contribution in [0.3, 0.4) is 0 Å². The van der Waals surface area contributed by atoms with Gasteiger partial charge >= 0.3 is 6.36 Å². The van der Waals surface area contributed by atoms with E-state index in [9.17, 15) is 21.6 Å². The normalized spacial score (nSPS) is 12.5. The molecule has 1 rings (SSSR count). The predicted octanol–water partition coefficient (Wildman–Crippen LogP) is 2.84. The first kappa shape index (κ1) is 16.1. The molecule has 0 radical (unpaired) electrons. The highest BCUT2D eigenvalue weighted by Gasteiger charge is 2.28. The SMILES string of the molecule is Cc1ccc(OCCOC(F)(F)F)c(S(=O)(=O)Cl)c1. The first-order chi connectivity index (χ1) is 8.59. The molecule has 0 bridgehead atoms. The van der Waals surface area contributed by atoms with Crippen LogP contribution in [0.25, 0.3) is 0 Å². The van der Waals surface area contributed by atoms with Crippen LogP contribution in [0.5, 0.6) is 5.75 Å². The summed E-state index contributed by atoms with van der Waals surface area (Å²) < 4.78 is 66.1. The van der Waals surface area contributed by atoms with Crippen LogP contribution in [0, 0.1) is 6.92 Å². The molecule has 0 heterocycles. The van der Waals surface area contributed by atoms with Gasteiger partial charge in [0.2, 0.25) is 0 Å². The van der Waals surface area contributed by atoms with Crippen LogP contribution >= 0.6 is 10.7 Å². The lowest BCUT2D eigenvalue weighted by Gasteiger charge is -2.11. The van der Waals surface area contributed by atoms with Crippen molar-refractivity contribution in [1.82, 2.24) is 0 Å². The number of hydrogen-bond acceptors (Lipinski definition) is 4. The van der Waals surface area contributed by atoms with Gasteiger partial charge in [0.1, 0.15) is 17.3 Å². The Labute approximate surface area is 112 Å². The van der Waals surface area contributed by atoms with E-state index in [0.717, 1.165) is 0 Å². The lowest BCUT2D eigenvalue weighted by molar-refractivity contribution is -0.325. The third-order valence-corrected chi connectivity index (χ3v) is 3.31. The van der Waals surface area contributed by atoms with E-state index >= 15 is 0 Å². The fourth-order valence-corrected chi connectivity index (χ4v) is 2.29. The van der Waals surface area contributed by atoms with Crippen LogP contribution in [0.4, 0.5) is 13.2 Å². The molecular weight excluding hydrogens is 309 g/mol. The summed E-state index contributed by atoms with van der Waals surface area (Å²) in [4.78, 5) is -0.291.